The van der Waals surface area contributed by atoms with E-state index in [1.165, 1.54) is 5.56 Å². The molecule has 72 valence electrons. The van der Waals surface area contributed by atoms with Crippen LogP contribution in [0.1, 0.15) is 11.7 Å². The monoisotopic (exact) mass is 242 g/mol. The van der Waals surface area contributed by atoms with Crippen molar-refractivity contribution in [2.75, 3.05) is 21.1 Å². The Balaban J connectivity index is 2.91. The van der Waals surface area contributed by atoms with Crippen molar-refractivity contribution in [3.8, 4) is 0 Å². The van der Waals surface area contributed by atoms with E-state index in [9.17, 15) is 0 Å². The summed E-state index contributed by atoms with van der Waals surface area (Å²) in [6, 6.07) is 8.33. The van der Waals surface area contributed by atoms with Crippen LogP contribution in [-0.2, 0) is 0 Å². The van der Waals surface area contributed by atoms with Crippen LogP contribution in [-0.4, -0.2) is 26.0 Å². The van der Waals surface area contributed by atoms with Gasteiger partial charge >= 0.3 is 0 Å². The van der Waals surface area contributed by atoms with Crippen molar-refractivity contribution in [1.29, 1.82) is 0 Å². The Hall–Kier alpha value is -0.380. The molecule has 0 spiro atoms. The van der Waals surface area contributed by atoms with Crippen LogP contribution in [0.15, 0.2) is 28.7 Å². The van der Waals surface area contributed by atoms with Crippen molar-refractivity contribution in [3.63, 3.8) is 0 Å². The zero-order valence-electron chi connectivity index (χ0n) is 8.21. The maximum Gasteiger partial charge on any atom is 0.0853 e. The molecule has 0 heterocycles. The molecular weight excluding hydrogens is 228 g/mol. The zero-order chi connectivity index (χ0) is 9.84. The summed E-state index contributed by atoms with van der Waals surface area (Å²) in [7, 11) is 6.08. The maximum absolute atomic E-state index is 3.46. The number of nitrogens with zero attached hydrogens (tertiary/aromatic N) is 1. The van der Waals surface area contributed by atoms with Gasteiger partial charge in [0.2, 0.25) is 0 Å². The van der Waals surface area contributed by atoms with Gasteiger partial charge in [-0.15, -0.1) is 0 Å². The van der Waals surface area contributed by atoms with Crippen molar-refractivity contribution in [2.45, 2.75) is 6.17 Å². The summed E-state index contributed by atoms with van der Waals surface area (Å²) in [6.45, 7) is 0. The molecule has 1 unspecified atom stereocenters. The average molecular weight is 243 g/mol. The first-order chi connectivity index (χ1) is 6.15. The van der Waals surface area contributed by atoms with Crippen LogP contribution in [0, 0.1) is 0 Å². The van der Waals surface area contributed by atoms with E-state index in [1.807, 2.05) is 19.2 Å². The normalized spacial score (nSPS) is 13.3. The van der Waals surface area contributed by atoms with E-state index in [0.717, 1.165) is 4.47 Å². The Labute approximate surface area is 88.1 Å². The summed E-state index contributed by atoms with van der Waals surface area (Å²) >= 11 is 3.46. The van der Waals surface area contributed by atoms with Crippen molar-refractivity contribution < 1.29 is 0 Å². The van der Waals surface area contributed by atoms with Crippen molar-refractivity contribution >= 4 is 15.9 Å². The molecule has 0 saturated carbocycles. The number of hydrogen-bond donors (Lipinski definition) is 1. The molecule has 1 rings (SSSR count). The van der Waals surface area contributed by atoms with E-state index in [1.54, 1.807) is 0 Å². The van der Waals surface area contributed by atoms with E-state index in [-0.39, 0.29) is 6.17 Å². The molecule has 0 radical (unpaired) electrons. The lowest BCUT2D eigenvalue weighted by atomic mass is 10.1. The molecule has 0 bridgehead atoms. The first-order valence-corrected chi connectivity index (χ1v) is 5.03. The van der Waals surface area contributed by atoms with E-state index >= 15 is 0 Å². The molecule has 0 fully saturated rings. The summed E-state index contributed by atoms with van der Waals surface area (Å²) < 4.78 is 1.12. The zero-order valence-corrected chi connectivity index (χ0v) is 9.80. The molecule has 0 aliphatic carbocycles. The van der Waals surface area contributed by atoms with Crippen molar-refractivity contribution in [3.05, 3.63) is 34.3 Å². The topological polar surface area (TPSA) is 15.3 Å². The second-order valence-electron chi connectivity index (χ2n) is 3.21. The molecule has 2 nitrogen and oxygen atoms in total. The van der Waals surface area contributed by atoms with Gasteiger partial charge in [0.25, 0.3) is 0 Å². The molecule has 0 aromatic heterocycles. The summed E-state index contributed by atoms with van der Waals surface area (Å²) in [6.07, 6.45) is 0.275. The van der Waals surface area contributed by atoms with Gasteiger partial charge in [-0.1, -0.05) is 28.1 Å². The highest BCUT2D eigenvalue weighted by atomic mass is 79.9. The second-order valence-corrected chi connectivity index (χ2v) is 4.13. The second kappa shape index (κ2) is 4.74. The minimum atomic E-state index is 0.275. The quantitative estimate of drug-likeness (QED) is 0.819. The van der Waals surface area contributed by atoms with Gasteiger partial charge in [0.15, 0.2) is 0 Å². The predicted octanol–water partition coefficient (Wildman–Crippen LogP) is 2.23. The molecule has 0 aliphatic rings. The largest absolute Gasteiger partial charge is 0.301 e. The van der Waals surface area contributed by atoms with Gasteiger partial charge in [-0.25, -0.2) is 0 Å². The molecule has 1 aromatic carbocycles. The van der Waals surface area contributed by atoms with E-state index in [2.05, 4.69) is 52.4 Å². The first-order valence-electron chi connectivity index (χ1n) is 4.24. The minimum absolute atomic E-state index is 0.275. The van der Waals surface area contributed by atoms with Gasteiger partial charge in [0, 0.05) is 4.47 Å². The third-order valence-corrected chi connectivity index (χ3v) is 2.45. The van der Waals surface area contributed by atoms with Crippen LogP contribution < -0.4 is 5.32 Å². The van der Waals surface area contributed by atoms with E-state index in [4.69, 9.17) is 0 Å². The number of halogens is 1. The molecule has 1 atom stereocenters. The highest BCUT2D eigenvalue weighted by molar-refractivity contribution is 9.10. The Morgan fingerprint density at radius 3 is 2.54 bits per heavy atom. The Morgan fingerprint density at radius 1 is 1.38 bits per heavy atom. The van der Waals surface area contributed by atoms with Gasteiger partial charge in [0.1, 0.15) is 0 Å². The van der Waals surface area contributed by atoms with Crippen LogP contribution in [0.2, 0.25) is 0 Å². The van der Waals surface area contributed by atoms with E-state index < -0.39 is 0 Å². The predicted molar refractivity (Wildman–Crippen MR) is 59.6 cm³/mol. The summed E-state index contributed by atoms with van der Waals surface area (Å²) in [4.78, 5) is 2.14. The van der Waals surface area contributed by atoms with Crippen LogP contribution in [0.3, 0.4) is 0 Å². The lowest BCUT2D eigenvalue weighted by molar-refractivity contribution is 0.264. The maximum atomic E-state index is 3.46. The number of nitrogens with one attached hydrogen (secondary N) is 1. The summed E-state index contributed by atoms with van der Waals surface area (Å²) in [5, 5.41) is 3.25. The fraction of sp³-hybridized carbons (Fsp3) is 0.400. The lowest BCUT2D eigenvalue weighted by Crippen LogP contribution is -2.30. The Bertz CT molecular complexity index is 273. The summed E-state index contributed by atoms with van der Waals surface area (Å²) in [5.41, 5.74) is 1.27. The van der Waals surface area contributed by atoms with Gasteiger partial charge in [-0.05, 0) is 38.8 Å². The third kappa shape index (κ3) is 2.79. The number of hydrogen-bond acceptors (Lipinski definition) is 2. The number of benzene rings is 1. The minimum Gasteiger partial charge on any atom is -0.301 e. The smallest absolute Gasteiger partial charge is 0.0853 e. The van der Waals surface area contributed by atoms with Crippen LogP contribution in [0.5, 0.6) is 0 Å². The molecule has 0 saturated heterocycles. The summed E-state index contributed by atoms with van der Waals surface area (Å²) in [5.74, 6) is 0. The van der Waals surface area contributed by atoms with Crippen molar-refractivity contribution in [2.24, 2.45) is 0 Å². The van der Waals surface area contributed by atoms with Crippen LogP contribution in [0.25, 0.3) is 0 Å². The van der Waals surface area contributed by atoms with Crippen LogP contribution >= 0.6 is 15.9 Å². The highest BCUT2D eigenvalue weighted by Gasteiger charge is 2.10. The van der Waals surface area contributed by atoms with Crippen LogP contribution in [0.4, 0.5) is 0 Å². The molecule has 0 aliphatic heterocycles. The van der Waals surface area contributed by atoms with Gasteiger partial charge in [0.05, 0.1) is 6.17 Å². The first kappa shape index (κ1) is 10.7. The third-order valence-electron chi connectivity index (χ3n) is 1.95. The highest BCUT2D eigenvalue weighted by Crippen LogP contribution is 2.18. The molecule has 1 aromatic rings. The average Bonchev–Trinajstić information content (AvgIpc) is 2.04. The molecular formula is C10H15BrN2. The molecule has 3 heteroatoms. The fourth-order valence-electron chi connectivity index (χ4n) is 1.40. The lowest BCUT2D eigenvalue weighted by Gasteiger charge is -2.24. The Morgan fingerprint density at radius 2 is 2.08 bits per heavy atom. The molecule has 13 heavy (non-hydrogen) atoms. The number of rotatable bonds is 3. The fourth-order valence-corrected chi connectivity index (χ4v) is 1.82. The Kier molecular flexibility index (Phi) is 3.90. The molecule has 1 N–H and O–H groups in total. The van der Waals surface area contributed by atoms with Gasteiger partial charge < -0.3 is 5.32 Å². The SMILES string of the molecule is CNC(c1cccc(Br)c1)N(C)C. The van der Waals surface area contributed by atoms with Crippen molar-refractivity contribution in [1.82, 2.24) is 10.2 Å². The van der Waals surface area contributed by atoms with E-state index in [0.29, 0.717) is 0 Å². The van der Waals surface area contributed by atoms with Gasteiger partial charge in [-0.3, -0.25) is 4.90 Å². The van der Waals surface area contributed by atoms with Gasteiger partial charge in [-0.2, -0.15) is 0 Å². The molecule has 0 amide bonds. The standard InChI is InChI=1S/C10H15BrN2/c1-12-10(13(2)3)8-5-4-6-9(11)7-8/h4-7,10,12H,1-3H3.